The molecule has 1 saturated heterocycles. The molecule has 0 aliphatic carbocycles. The molecule has 146 valence electrons. The van der Waals surface area contributed by atoms with Gasteiger partial charge in [0, 0.05) is 36.4 Å². The van der Waals surface area contributed by atoms with E-state index in [-0.39, 0.29) is 11.4 Å². The van der Waals surface area contributed by atoms with Crippen LogP contribution < -0.4 is 9.62 Å². The van der Waals surface area contributed by atoms with Crippen LogP contribution in [0.2, 0.25) is 0 Å². The number of pyridine rings is 1. The Morgan fingerprint density at radius 3 is 2.75 bits per heavy atom. The van der Waals surface area contributed by atoms with Gasteiger partial charge in [-0.2, -0.15) is 0 Å². The van der Waals surface area contributed by atoms with Crippen LogP contribution in [-0.4, -0.2) is 49.7 Å². The van der Waals surface area contributed by atoms with Gasteiger partial charge in [-0.15, -0.1) is 0 Å². The number of sulfonamides is 1. The van der Waals surface area contributed by atoms with E-state index in [9.17, 15) is 8.42 Å². The largest absolute Gasteiger partial charge is 0.378 e. The normalized spacial score (nSPS) is 15.1. The molecule has 8 nitrogen and oxygen atoms in total. The maximum atomic E-state index is 12.9. The van der Waals surface area contributed by atoms with Gasteiger partial charge < -0.3 is 9.64 Å². The van der Waals surface area contributed by atoms with Crippen LogP contribution in [-0.2, 0) is 21.3 Å². The van der Waals surface area contributed by atoms with Crippen LogP contribution in [0.15, 0.2) is 47.5 Å². The molecular weight excluding hydrogens is 378 g/mol. The lowest BCUT2D eigenvalue weighted by molar-refractivity contribution is 0.122. The summed E-state index contributed by atoms with van der Waals surface area (Å²) in [5, 5.41) is 0.770. The molecule has 0 spiro atoms. The van der Waals surface area contributed by atoms with E-state index in [1.807, 2.05) is 25.1 Å². The number of rotatable bonds is 5. The first-order valence-electron chi connectivity index (χ1n) is 9.04. The van der Waals surface area contributed by atoms with Crippen molar-refractivity contribution in [2.24, 2.45) is 0 Å². The minimum Gasteiger partial charge on any atom is -0.378 e. The standard InChI is InChI=1S/C19H21N5O3S/c1-14-12-18(24-8-10-27-11-9-24)23-17(22-14)13-21-28(25,26)16-6-2-4-15-5-3-7-20-19(15)16/h2-7,12,21H,8-11,13H2,1H3. The van der Waals surface area contributed by atoms with Crippen molar-refractivity contribution in [2.45, 2.75) is 18.4 Å². The molecule has 1 aliphatic rings. The molecule has 28 heavy (non-hydrogen) atoms. The fourth-order valence-electron chi connectivity index (χ4n) is 3.18. The molecule has 0 atom stereocenters. The molecule has 1 aromatic carbocycles. The van der Waals surface area contributed by atoms with Gasteiger partial charge in [0.15, 0.2) is 0 Å². The maximum absolute atomic E-state index is 12.9. The van der Waals surface area contributed by atoms with Crippen molar-refractivity contribution >= 4 is 26.7 Å². The molecule has 0 bridgehead atoms. The highest BCUT2D eigenvalue weighted by Crippen LogP contribution is 2.21. The summed E-state index contributed by atoms with van der Waals surface area (Å²) in [6.45, 7) is 4.69. The highest BCUT2D eigenvalue weighted by atomic mass is 32.2. The van der Waals surface area contributed by atoms with E-state index in [2.05, 4.69) is 24.6 Å². The Bertz CT molecular complexity index is 1090. The number of para-hydroxylation sites is 1. The topological polar surface area (TPSA) is 97.3 Å². The van der Waals surface area contributed by atoms with Crippen LogP contribution in [0.25, 0.3) is 10.9 Å². The molecule has 1 aliphatic heterocycles. The zero-order valence-electron chi connectivity index (χ0n) is 15.5. The summed E-state index contributed by atoms with van der Waals surface area (Å²) in [7, 11) is -3.76. The second-order valence-corrected chi connectivity index (χ2v) is 8.27. The summed E-state index contributed by atoms with van der Waals surface area (Å²) in [5.74, 6) is 1.22. The highest BCUT2D eigenvalue weighted by molar-refractivity contribution is 7.89. The predicted octanol–water partition coefficient (Wildman–Crippen LogP) is 1.65. The number of hydrogen-bond acceptors (Lipinski definition) is 7. The Morgan fingerprint density at radius 2 is 1.93 bits per heavy atom. The molecule has 9 heteroatoms. The van der Waals surface area contributed by atoms with Gasteiger partial charge in [-0.25, -0.2) is 23.1 Å². The van der Waals surface area contributed by atoms with Crippen molar-refractivity contribution in [1.82, 2.24) is 19.7 Å². The SMILES string of the molecule is Cc1cc(N2CCOCC2)nc(CNS(=O)(=O)c2cccc3cccnc23)n1. The zero-order chi connectivity index (χ0) is 19.6. The monoisotopic (exact) mass is 399 g/mol. The first-order valence-corrected chi connectivity index (χ1v) is 10.5. The summed E-state index contributed by atoms with van der Waals surface area (Å²) in [5.41, 5.74) is 1.23. The predicted molar refractivity (Wildman–Crippen MR) is 106 cm³/mol. The zero-order valence-corrected chi connectivity index (χ0v) is 16.3. The molecule has 0 radical (unpaired) electrons. The van der Waals surface area contributed by atoms with E-state index in [0.717, 1.165) is 30.0 Å². The van der Waals surface area contributed by atoms with Crippen molar-refractivity contribution < 1.29 is 13.2 Å². The third kappa shape index (κ3) is 3.96. The minimum atomic E-state index is -3.76. The lowest BCUT2D eigenvalue weighted by Crippen LogP contribution is -2.37. The number of aryl methyl sites for hydroxylation is 1. The van der Waals surface area contributed by atoms with Gasteiger partial charge in [0.2, 0.25) is 10.0 Å². The van der Waals surface area contributed by atoms with Crippen LogP contribution in [0.1, 0.15) is 11.5 Å². The van der Waals surface area contributed by atoms with Crippen molar-refractivity contribution in [2.75, 3.05) is 31.2 Å². The van der Waals surface area contributed by atoms with E-state index >= 15 is 0 Å². The number of nitrogens with one attached hydrogen (secondary N) is 1. The van der Waals surface area contributed by atoms with E-state index in [1.165, 1.54) is 0 Å². The first kappa shape index (κ1) is 18.7. The summed E-state index contributed by atoms with van der Waals surface area (Å²) < 4.78 is 33.7. The number of fused-ring (bicyclic) bond motifs is 1. The van der Waals surface area contributed by atoms with Crippen molar-refractivity contribution in [3.8, 4) is 0 Å². The number of morpholine rings is 1. The number of hydrogen-bond donors (Lipinski definition) is 1. The van der Waals surface area contributed by atoms with Crippen LogP contribution in [0.3, 0.4) is 0 Å². The number of aromatic nitrogens is 3. The molecule has 3 aromatic rings. The number of nitrogens with zero attached hydrogens (tertiary/aromatic N) is 4. The Labute approximate surface area is 163 Å². The van der Waals surface area contributed by atoms with E-state index in [0.29, 0.717) is 24.6 Å². The number of anilines is 1. The van der Waals surface area contributed by atoms with Crippen LogP contribution >= 0.6 is 0 Å². The summed E-state index contributed by atoms with van der Waals surface area (Å²) >= 11 is 0. The molecule has 1 N–H and O–H groups in total. The van der Waals surface area contributed by atoms with Gasteiger partial charge >= 0.3 is 0 Å². The maximum Gasteiger partial charge on any atom is 0.243 e. The summed E-state index contributed by atoms with van der Waals surface area (Å²) in [4.78, 5) is 15.4. The third-order valence-electron chi connectivity index (χ3n) is 4.53. The molecular formula is C19H21N5O3S. The highest BCUT2D eigenvalue weighted by Gasteiger charge is 2.19. The van der Waals surface area contributed by atoms with Gasteiger partial charge in [0.25, 0.3) is 0 Å². The van der Waals surface area contributed by atoms with Gasteiger partial charge in [-0.05, 0) is 19.1 Å². The average molecular weight is 399 g/mol. The Balaban J connectivity index is 1.57. The van der Waals surface area contributed by atoms with Crippen molar-refractivity contribution in [3.63, 3.8) is 0 Å². The van der Waals surface area contributed by atoms with E-state index < -0.39 is 10.0 Å². The second-order valence-electron chi connectivity index (χ2n) is 6.54. The van der Waals surface area contributed by atoms with Crippen LogP contribution in [0.4, 0.5) is 5.82 Å². The van der Waals surface area contributed by atoms with Crippen molar-refractivity contribution in [1.29, 1.82) is 0 Å². The lowest BCUT2D eigenvalue weighted by Gasteiger charge is -2.28. The molecule has 0 saturated carbocycles. The van der Waals surface area contributed by atoms with E-state index in [1.54, 1.807) is 24.4 Å². The second kappa shape index (κ2) is 7.78. The Morgan fingerprint density at radius 1 is 1.14 bits per heavy atom. The molecule has 0 unspecified atom stereocenters. The lowest BCUT2D eigenvalue weighted by atomic mass is 10.2. The van der Waals surface area contributed by atoms with Gasteiger partial charge in [0.1, 0.15) is 16.5 Å². The van der Waals surface area contributed by atoms with Gasteiger partial charge in [-0.3, -0.25) is 4.98 Å². The Hall–Kier alpha value is -2.62. The summed E-state index contributed by atoms with van der Waals surface area (Å²) in [6, 6.07) is 10.6. The molecule has 1 fully saturated rings. The quantitative estimate of drug-likeness (QED) is 0.697. The van der Waals surface area contributed by atoms with Gasteiger partial charge in [0.05, 0.1) is 25.3 Å². The number of benzene rings is 1. The minimum absolute atomic E-state index is 0.00454. The van der Waals surface area contributed by atoms with Crippen molar-refractivity contribution in [3.05, 3.63) is 54.1 Å². The molecule has 2 aromatic heterocycles. The van der Waals surface area contributed by atoms with Gasteiger partial charge in [-0.1, -0.05) is 18.2 Å². The molecule has 0 amide bonds. The van der Waals surface area contributed by atoms with Crippen LogP contribution in [0.5, 0.6) is 0 Å². The first-order chi connectivity index (χ1) is 13.5. The fraction of sp³-hybridized carbons (Fsp3) is 0.316. The number of ether oxygens (including phenoxy) is 1. The van der Waals surface area contributed by atoms with E-state index in [4.69, 9.17) is 4.74 Å². The third-order valence-corrected chi connectivity index (χ3v) is 5.96. The van der Waals surface area contributed by atoms with Crippen LogP contribution in [0, 0.1) is 6.92 Å². The smallest absolute Gasteiger partial charge is 0.243 e. The average Bonchev–Trinajstić information content (AvgIpc) is 2.72. The summed E-state index contributed by atoms with van der Waals surface area (Å²) in [6.07, 6.45) is 1.58. The Kier molecular flexibility index (Phi) is 5.21. The fourth-order valence-corrected chi connectivity index (χ4v) is 4.33. The molecule has 4 rings (SSSR count). The molecule has 3 heterocycles.